The number of fused-ring (bicyclic) bond motifs is 3. The third-order valence-corrected chi connectivity index (χ3v) is 8.87. The highest BCUT2D eigenvalue weighted by Gasteiger charge is 2.16. The number of allylic oxidation sites excluding steroid dienone is 5. The fourth-order valence-electron chi connectivity index (χ4n) is 6.29. The van der Waals surface area contributed by atoms with E-state index in [1.54, 1.807) is 0 Å². The second-order valence-corrected chi connectivity index (χ2v) is 12.6. The Balaban J connectivity index is 0.000000383. The Morgan fingerprint density at radius 2 is 0.944 bits per heavy atom. The van der Waals surface area contributed by atoms with Crippen molar-refractivity contribution >= 4 is 37.9 Å². The molecular weight excluding hydrogens is 649 g/mol. The second-order valence-electron chi connectivity index (χ2n) is 12.6. The van der Waals surface area contributed by atoms with Crippen molar-refractivity contribution in [1.29, 1.82) is 0 Å². The SMILES string of the molecule is C.C=C(/C=C\C(C)=C/C)c1c2ccccc2c(-c2ccc3ccccc3c2)c2ccccc12.CC.CC.CCC.Cc1ccccc1-c1ccccc1C. The molecule has 0 unspecified atom stereocenters. The zero-order chi connectivity index (χ0) is 38.8. The molecule has 0 aliphatic rings. The number of benzene rings is 7. The van der Waals surface area contributed by atoms with Crippen LogP contribution in [0.4, 0.5) is 0 Å². The molecular formula is C54H64. The van der Waals surface area contributed by atoms with Crippen LogP contribution in [-0.2, 0) is 0 Å². The van der Waals surface area contributed by atoms with Crippen LogP contribution in [0.25, 0.3) is 60.1 Å². The lowest BCUT2D eigenvalue weighted by Gasteiger charge is -2.18. The van der Waals surface area contributed by atoms with E-state index in [2.05, 4.69) is 206 Å². The molecule has 0 bridgehead atoms. The molecule has 0 fully saturated rings. The van der Waals surface area contributed by atoms with E-state index < -0.39 is 0 Å². The molecule has 0 nitrogen and oxygen atoms in total. The lowest BCUT2D eigenvalue weighted by atomic mass is 9.85. The molecule has 0 amide bonds. The third kappa shape index (κ3) is 11.0. The summed E-state index contributed by atoms with van der Waals surface area (Å²) in [5, 5.41) is 7.52. The molecule has 280 valence electrons. The molecule has 0 N–H and O–H groups in total. The summed E-state index contributed by atoms with van der Waals surface area (Å²) >= 11 is 0. The van der Waals surface area contributed by atoms with E-state index in [0.717, 1.165) is 5.57 Å². The molecule has 0 radical (unpaired) electrons. The minimum absolute atomic E-state index is 0. The van der Waals surface area contributed by atoms with E-state index >= 15 is 0 Å². The smallest absolute Gasteiger partial charge is 0.00262 e. The van der Waals surface area contributed by atoms with E-state index in [0.29, 0.717) is 0 Å². The lowest BCUT2D eigenvalue weighted by molar-refractivity contribution is 1.09. The van der Waals surface area contributed by atoms with Crippen LogP contribution >= 0.6 is 0 Å². The van der Waals surface area contributed by atoms with E-state index in [1.807, 2.05) is 27.7 Å². The van der Waals surface area contributed by atoms with Gasteiger partial charge in [0.1, 0.15) is 0 Å². The minimum Gasteiger partial charge on any atom is -0.0911 e. The van der Waals surface area contributed by atoms with Crippen molar-refractivity contribution in [2.45, 2.75) is 83.1 Å². The van der Waals surface area contributed by atoms with Gasteiger partial charge in [0.05, 0.1) is 0 Å². The maximum absolute atomic E-state index is 4.46. The van der Waals surface area contributed by atoms with Gasteiger partial charge in [-0.1, -0.05) is 219 Å². The molecule has 7 aromatic carbocycles. The first-order chi connectivity index (χ1) is 25.9. The zero-order valence-corrected chi connectivity index (χ0v) is 33.9. The molecule has 0 aliphatic heterocycles. The minimum atomic E-state index is 0. The topological polar surface area (TPSA) is 0 Å². The van der Waals surface area contributed by atoms with Crippen molar-refractivity contribution in [2.75, 3.05) is 0 Å². The summed E-state index contributed by atoms with van der Waals surface area (Å²) in [4.78, 5) is 0. The van der Waals surface area contributed by atoms with E-state index in [-0.39, 0.29) is 7.43 Å². The van der Waals surface area contributed by atoms with Gasteiger partial charge in [-0.3, -0.25) is 0 Å². The largest absolute Gasteiger partial charge is 0.0911 e. The Kier molecular flexibility index (Phi) is 19.3. The van der Waals surface area contributed by atoms with Crippen molar-refractivity contribution in [3.63, 3.8) is 0 Å². The Morgan fingerprint density at radius 3 is 1.41 bits per heavy atom. The van der Waals surface area contributed by atoms with E-state index in [4.69, 9.17) is 0 Å². The van der Waals surface area contributed by atoms with Gasteiger partial charge in [0.25, 0.3) is 0 Å². The second kappa shape index (κ2) is 23.3. The van der Waals surface area contributed by atoms with Gasteiger partial charge in [-0.15, -0.1) is 0 Å². The molecule has 0 aromatic heterocycles. The van der Waals surface area contributed by atoms with Crippen molar-refractivity contribution in [2.24, 2.45) is 0 Å². The summed E-state index contributed by atoms with van der Waals surface area (Å²) < 4.78 is 0. The molecule has 0 saturated carbocycles. The Hall–Kier alpha value is -5.46. The van der Waals surface area contributed by atoms with Gasteiger partial charge in [0.15, 0.2) is 0 Å². The Bertz CT molecular complexity index is 2170. The maximum Gasteiger partial charge on any atom is -0.00262 e. The first-order valence-electron chi connectivity index (χ1n) is 19.4. The molecule has 7 rings (SSSR count). The summed E-state index contributed by atoms with van der Waals surface area (Å²) in [5.74, 6) is 0. The molecule has 0 heterocycles. The molecule has 0 aliphatic carbocycles. The van der Waals surface area contributed by atoms with Crippen molar-refractivity contribution in [3.8, 4) is 22.3 Å². The van der Waals surface area contributed by atoms with E-state index in [1.165, 1.54) is 83.3 Å². The summed E-state index contributed by atoms with van der Waals surface area (Å²) in [7, 11) is 0. The van der Waals surface area contributed by atoms with Crippen LogP contribution < -0.4 is 0 Å². The van der Waals surface area contributed by atoms with Gasteiger partial charge < -0.3 is 0 Å². The van der Waals surface area contributed by atoms with Gasteiger partial charge >= 0.3 is 0 Å². The van der Waals surface area contributed by atoms with Crippen molar-refractivity contribution < 1.29 is 0 Å². The number of aryl methyl sites for hydroxylation is 2. The fraction of sp³-hybridized carbons (Fsp3) is 0.222. The molecule has 0 saturated heterocycles. The lowest BCUT2D eigenvalue weighted by Crippen LogP contribution is -1.92. The quantitative estimate of drug-likeness (QED) is 0.123. The normalized spacial score (nSPS) is 10.4. The van der Waals surface area contributed by atoms with Gasteiger partial charge in [-0.25, -0.2) is 0 Å². The highest BCUT2D eigenvalue weighted by Crippen LogP contribution is 2.42. The van der Waals surface area contributed by atoms with Gasteiger partial charge in [0, 0.05) is 0 Å². The standard InChI is InChI=1S/C32H26.C14H14.C3H8.2C2H6.CH4/c1-4-22(2)17-18-23(3)31-27-13-7-9-15-29(27)32(30-16-10-8-14-28(30)31)26-20-19-24-11-5-6-12-25(24)21-26;1-11-7-3-5-9-13(11)14-10-6-4-8-12(14)2;1-3-2;2*1-2;/h4-21H,3H2,1-2H3;3-10H,1-2H3;3H2,1-2H3;2*1-2H3;1H4/b18-17-,22-4-;;;;;. The average molecular weight is 713 g/mol. The van der Waals surface area contributed by atoms with Crippen molar-refractivity contribution in [1.82, 2.24) is 0 Å². The third-order valence-electron chi connectivity index (χ3n) is 8.87. The number of hydrogen-bond donors (Lipinski definition) is 0. The maximum atomic E-state index is 4.46. The summed E-state index contributed by atoms with van der Waals surface area (Å²) in [6, 6.07) is 49.8. The Labute approximate surface area is 328 Å². The Morgan fingerprint density at radius 1 is 0.537 bits per heavy atom. The van der Waals surface area contributed by atoms with Gasteiger partial charge in [-0.05, 0) is 111 Å². The first-order valence-corrected chi connectivity index (χ1v) is 19.4. The molecule has 0 atom stereocenters. The molecule has 0 heteroatoms. The van der Waals surface area contributed by atoms with Crippen LogP contribution in [0.5, 0.6) is 0 Å². The molecule has 0 spiro atoms. The summed E-state index contributed by atoms with van der Waals surface area (Å²) in [6.45, 7) is 25.2. The van der Waals surface area contributed by atoms with Crippen LogP contribution in [0.2, 0.25) is 0 Å². The van der Waals surface area contributed by atoms with Crippen LogP contribution in [-0.4, -0.2) is 0 Å². The van der Waals surface area contributed by atoms with Gasteiger partial charge in [-0.2, -0.15) is 0 Å². The highest BCUT2D eigenvalue weighted by atomic mass is 14.2. The predicted molar refractivity (Wildman–Crippen MR) is 249 cm³/mol. The zero-order valence-electron chi connectivity index (χ0n) is 33.9. The first kappa shape index (κ1) is 44.7. The summed E-state index contributed by atoms with van der Waals surface area (Å²) in [6.07, 6.45) is 7.64. The van der Waals surface area contributed by atoms with Crippen molar-refractivity contribution in [3.05, 3.63) is 187 Å². The fourth-order valence-corrected chi connectivity index (χ4v) is 6.29. The molecule has 54 heavy (non-hydrogen) atoms. The predicted octanol–water partition coefficient (Wildman–Crippen LogP) is 17.4. The van der Waals surface area contributed by atoms with Crippen LogP contribution in [0.1, 0.15) is 85.9 Å². The van der Waals surface area contributed by atoms with Crippen LogP contribution in [0.15, 0.2) is 170 Å². The van der Waals surface area contributed by atoms with Crippen LogP contribution in [0, 0.1) is 13.8 Å². The summed E-state index contributed by atoms with van der Waals surface area (Å²) in [5.41, 5.74) is 11.3. The number of hydrogen-bond acceptors (Lipinski definition) is 0. The van der Waals surface area contributed by atoms with Gasteiger partial charge in [0.2, 0.25) is 0 Å². The van der Waals surface area contributed by atoms with Crippen LogP contribution in [0.3, 0.4) is 0 Å². The number of rotatable bonds is 5. The van der Waals surface area contributed by atoms with E-state index in [9.17, 15) is 0 Å². The molecule has 7 aromatic rings. The monoisotopic (exact) mass is 713 g/mol. The highest BCUT2D eigenvalue weighted by molar-refractivity contribution is 6.19. The average Bonchev–Trinajstić information content (AvgIpc) is 3.21.